The molecule has 3 aromatic carbocycles. The second-order valence-corrected chi connectivity index (χ2v) is 9.70. The lowest BCUT2D eigenvalue weighted by Gasteiger charge is -2.24. The lowest BCUT2D eigenvalue weighted by molar-refractivity contribution is -0.633. The number of fused-ring (bicyclic) bond motifs is 3. The first-order valence-corrected chi connectivity index (χ1v) is 10.4. The molecule has 4 aromatic rings. The van der Waals surface area contributed by atoms with E-state index in [2.05, 4.69) is 94.8 Å². The van der Waals surface area contributed by atoms with E-state index in [1.54, 1.807) is 0 Å². The fourth-order valence-electron chi connectivity index (χ4n) is 4.79. The van der Waals surface area contributed by atoms with Crippen molar-refractivity contribution < 1.29 is 9.30 Å². The van der Waals surface area contributed by atoms with Crippen LogP contribution in [0.4, 0.5) is 0 Å². The Kier molecular flexibility index (Phi) is 3.80. The molecule has 0 N–H and O–H groups in total. The number of nitrogens with zero attached hydrogens (tertiary/aromatic N) is 1. The van der Waals surface area contributed by atoms with Gasteiger partial charge in [-0.2, -0.15) is 4.57 Å². The van der Waals surface area contributed by atoms with Crippen molar-refractivity contribution in [3.63, 3.8) is 0 Å². The summed E-state index contributed by atoms with van der Waals surface area (Å²) >= 11 is 0. The number of ether oxygens (including phenoxy) is 1. The number of pyridine rings is 1. The van der Waals surface area contributed by atoms with Gasteiger partial charge in [-0.05, 0) is 59.9 Å². The minimum absolute atomic E-state index is 0.234. The number of rotatable bonds is 1. The summed E-state index contributed by atoms with van der Waals surface area (Å²) in [5, 5.41) is 3.72. The van der Waals surface area contributed by atoms with Gasteiger partial charge in [0.2, 0.25) is 5.52 Å². The molecule has 0 saturated heterocycles. The van der Waals surface area contributed by atoms with Gasteiger partial charge in [-0.3, -0.25) is 0 Å². The monoisotopic (exact) mass is 382 g/mol. The molecule has 1 aromatic heterocycles. The van der Waals surface area contributed by atoms with Crippen molar-refractivity contribution in [2.75, 3.05) is 0 Å². The van der Waals surface area contributed by atoms with Crippen molar-refractivity contribution in [1.82, 2.24) is 0 Å². The SMILES string of the molecule is Cc1cc2cc(CC(C)(C)C)cc3c2c(c1C)-c1c(cc2ccccc2[n+]1C)O3. The van der Waals surface area contributed by atoms with Crippen LogP contribution < -0.4 is 9.30 Å². The van der Waals surface area contributed by atoms with Crippen molar-refractivity contribution in [2.45, 2.75) is 41.0 Å². The van der Waals surface area contributed by atoms with Gasteiger partial charge in [-0.1, -0.05) is 45.0 Å². The smallest absolute Gasteiger partial charge is 0.256 e. The average Bonchev–Trinajstić information content (AvgIpc) is 2.63. The number of aromatic nitrogens is 1. The molecule has 0 atom stereocenters. The molecule has 1 aliphatic heterocycles. The largest absolute Gasteiger partial charge is 0.450 e. The number of para-hydroxylation sites is 1. The second kappa shape index (κ2) is 6.06. The van der Waals surface area contributed by atoms with Crippen LogP contribution in [0.5, 0.6) is 11.5 Å². The Morgan fingerprint density at radius 2 is 1.66 bits per heavy atom. The molecule has 0 radical (unpaired) electrons. The zero-order chi connectivity index (χ0) is 20.5. The summed E-state index contributed by atoms with van der Waals surface area (Å²) in [7, 11) is 2.15. The maximum absolute atomic E-state index is 6.57. The third-order valence-corrected chi connectivity index (χ3v) is 6.13. The van der Waals surface area contributed by atoms with Gasteiger partial charge in [0.15, 0.2) is 5.75 Å². The summed E-state index contributed by atoms with van der Waals surface area (Å²) in [6.07, 6.45) is 1.03. The van der Waals surface area contributed by atoms with Crippen LogP contribution in [0, 0.1) is 19.3 Å². The van der Waals surface area contributed by atoms with E-state index in [4.69, 9.17) is 4.74 Å². The Balaban J connectivity index is 1.89. The van der Waals surface area contributed by atoms with Crippen molar-refractivity contribution in [2.24, 2.45) is 12.5 Å². The first-order chi connectivity index (χ1) is 13.7. The lowest BCUT2D eigenvalue weighted by atomic mass is 9.85. The normalized spacial score (nSPS) is 12.9. The van der Waals surface area contributed by atoms with Gasteiger partial charge in [0.05, 0.1) is 10.9 Å². The van der Waals surface area contributed by atoms with E-state index in [9.17, 15) is 0 Å². The fraction of sp³-hybridized carbons (Fsp3) is 0.296. The van der Waals surface area contributed by atoms with Crippen LogP contribution in [0.25, 0.3) is 32.9 Å². The Morgan fingerprint density at radius 3 is 2.41 bits per heavy atom. The molecule has 0 bridgehead atoms. The molecule has 0 amide bonds. The standard InChI is InChI=1S/C27H28NO/c1-16-11-20-12-18(15-27(3,4)5)13-22-25(20)24(17(16)2)26-23(29-22)14-19-9-7-8-10-21(19)28(26)6/h7-14H,15H2,1-6H3/q+1. The van der Waals surface area contributed by atoms with Crippen LogP contribution in [-0.2, 0) is 13.5 Å². The van der Waals surface area contributed by atoms with Crippen molar-refractivity contribution in [3.8, 4) is 22.8 Å². The quantitative estimate of drug-likeness (QED) is 0.291. The topological polar surface area (TPSA) is 13.1 Å². The van der Waals surface area contributed by atoms with E-state index < -0.39 is 0 Å². The number of benzene rings is 3. The highest BCUT2D eigenvalue weighted by Crippen LogP contribution is 2.48. The molecular formula is C27H28NO+. The van der Waals surface area contributed by atoms with E-state index in [0.29, 0.717) is 0 Å². The molecule has 2 nitrogen and oxygen atoms in total. The summed E-state index contributed by atoms with van der Waals surface area (Å²) in [5.41, 5.74) is 7.93. The Bertz CT molecular complexity index is 1310. The van der Waals surface area contributed by atoms with E-state index in [0.717, 1.165) is 17.9 Å². The first-order valence-electron chi connectivity index (χ1n) is 10.4. The summed E-state index contributed by atoms with van der Waals surface area (Å²) in [5.74, 6) is 1.93. The van der Waals surface area contributed by atoms with Crippen LogP contribution in [0.2, 0.25) is 0 Å². The summed E-state index contributed by atoms with van der Waals surface area (Å²) in [6.45, 7) is 11.3. The van der Waals surface area contributed by atoms with Crippen LogP contribution in [0.3, 0.4) is 0 Å². The second-order valence-electron chi connectivity index (χ2n) is 9.70. The molecule has 0 unspecified atom stereocenters. The van der Waals surface area contributed by atoms with E-state index in [-0.39, 0.29) is 5.41 Å². The first kappa shape index (κ1) is 18.2. The molecule has 0 spiro atoms. The molecule has 0 saturated carbocycles. The average molecular weight is 383 g/mol. The Labute approximate surface area is 172 Å². The molecule has 5 rings (SSSR count). The van der Waals surface area contributed by atoms with Crippen LogP contribution in [0.15, 0.2) is 48.5 Å². The molecular weight excluding hydrogens is 354 g/mol. The Morgan fingerprint density at radius 1 is 0.897 bits per heavy atom. The zero-order valence-corrected chi connectivity index (χ0v) is 18.2. The predicted octanol–water partition coefficient (Wildman–Crippen LogP) is 6.80. The number of hydrogen-bond acceptors (Lipinski definition) is 1. The van der Waals surface area contributed by atoms with E-state index >= 15 is 0 Å². The van der Waals surface area contributed by atoms with Crippen molar-refractivity contribution in [3.05, 3.63) is 65.2 Å². The summed E-state index contributed by atoms with van der Waals surface area (Å²) < 4.78 is 8.86. The molecule has 29 heavy (non-hydrogen) atoms. The lowest BCUT2D eigenvalue weighted by Crippen LogP contribution is -2.33. The predicted molar refractivity (Wildman–Crippen MR) is 121 cm³/mol. The van der Waals surface area contributed by atoms with Crippen molar-refractivity contribution >= 4 is 21.7 Å². The van der Waals surface area contributed by atoms with Gasteiger partial charge in [0.25, 0.3) is 5.69 Å². The van der Waals surface area contributed by atoms with Gasteiger partial charge in [-0.25, -0.2) is 0 Å². The van der Waals surface area contributed by atoms with Gasteiger partial charge in [0.1, 0.15) is 12.8 Å². The summed E-state index contributed by atoms with van der Waals surface area (Å²) in [4.78, 5) is 0. The molecule has 2 heteroatoms. The third kappa shape index (κ3) is 2.81. The minimum atomic E-state index is 0.234. The van der Waals surface area contributed by atoms with Gasteiger partial charge in [0, 0.05) is 17.5 Å². The van der Waals surface area contributed by atoms with Crippen molar-refractivity contribution in [1.29, 1.82) is 0 Å². The highest BCUT2D eigenvalue weighted by Gasteiger charge is 2.31. The van der Waals surface area contributed by atoms with Crippen LogP contribution in [0.1, 0.15) is 37.5 Å². The molecule has 0 fully saturated rings. The molecule has 1 aliphatic rings. The number of hydrogen-bond donors (Lipinski definition) is 0. The Hall–Kier alpha value is -2.87. The highest BCUT2D eigenvalue weighted by molar-refractivity contribution is 6.05. The maximum atomic E-state index is 6.57. The van der Waals surface area contributed by atoms with Crippen LogP contribution >= 0.6 is 0 Å². The zero-order valence-electron chi connectivity index (χ0n) is 18.2. The van der Waals surface area contributed by atoms with Gasteiger partial charge in [-0.15, -0.1) is 0 Å². The number of aryl methyl sites for hydroxylation is 2. The van der Waals surface area contributed by atoms with Crippen LogP contribution in [-0.4, -0.2) is 0 Å². The van der Waals surface area contributed by atoms with Gasteiger partial charge >= 0.3 is 0 Å². The van der Waals surface area contributed by atoms with E-state index in [1.165, 1.54) is 49.6 Å². The highest BCUT2D eigenvalue weighted by atomic mass is 16.5. The summed E-state index contributed by atoms with van der Waals surface area (Å²) in [6, 6.07) is 17.6. The molecule has 0 aliphatic carbocycles. The maximum Gasteiger partial charge on any atom is 0.256 e. The fourth-order valence-corrected chi connectivity index (χ4v) is 4.79. The minimum Gasteiger partial charge on any atom is -0.450 e. The molecule has 146 valence electrons. The van der Waals surface area contributed by atoms with E-state index in [1.807, 2.05) is 0 Å². The van der Waals surface area contributed by atoms with Gasteiger partial charge < -0.3 is 4.74 Å². The molecule has 2 heterocycles. The third-order valence-electron chi connectivity index (χ3n) is 6.13.